The van der Waals surface area contributed by atoms with Crippen LogP contribution in [0.2, 0.25) is 0 Å². The minimum absolute atomic E-state index is 0. The van der Waals surface area contributed by atoms with Crippen LogP contribution in [0.1, 0.15) is 23.3 Å². The summed E-state index contributed by atoms with van der Waals surface area (Å²) in [5, 5.41) is 13.3. The van der Waals surface area contributed by atoms with E-state index in [9.17, 15) is 9.90 Å². The molecule has 1 saturated heterocycles. The molecule has 1 atom stereocenters. The van der Waals surface area contributed by atoms with Crippen molar-refractivity contribution in [1.29, 1.82) is 0 Å². The molecule has 1 N–H and O–H groups in total. The summed E-state index contributed by atoms with van der Waals surface area (Å²) < 4.78 is 1.01. The van der Waals surface area contributed by atoms with Crippen molar-refractivity contribution in [1.82, 2.24) is 4.90 Å². The molecule has 26 heavy (non-hydrogen) atoms. The van der Waals surface area contributed by atoms with E-state index in [-0.39, 0.29) is 22.9 Å². The van der Waals surface area contributed by atoms with Gasteiger partial charge in [0.05, 0.1) is 38.1 Å². The van der Waals surface area contributed by atoms with Crippen molar-refractivity contribution < 1.29 is 31.4 Å². The van der Waals surface area contributed by atoms with Crippen molar-refractivity contribution in [2.45, 2.75) is 18.4 Å². The van der Waals surface area contributed by atoms with Crippen molar-refractivity contribution in [3.05, 3.63) is 58.3 Å². The Morgan fingerprint density at radius 2 is 1.85 bits per heavy atom. The molecule has 6 heteroatoms. The molecule has 0 aliphatic carbocycles. The highest BCUT2D eigenvalue weighted by molar-refractivity contribution is 7.10. The second-order valence-electron chi connectivity index (χ2n) is 7.28. The van der Waals surface area contributed by atoms with Crippen LogP contribution in [-0.4, -0.2) is 60.7 Å². The number of rotatable bonds is 6. The molecule has 2 aromatic rings. The molecule has 0 radical (unpaired) electrons. The first-order valence-corrected chi connectivity index (χ1v) is 9.75. The van der Waals surface area contributed by atoms with Gasteiger partial charge in [-0.3, -0.25) is 4.79 Å². The fourth-order valence-electron chi connectivity index (χ4n) is 3.63. The second-order valence-corrected chi connectivity index (χ2v) is 8.23. The molecular formula is C20H27BrN2O2S. The highest BCUT2D eigenvalue weighted by atomic mass is 79.9. The number of halogens is 1. The normalized spacial score (nSPS) is 18.0. The van der Waals surface area contributed by atoms with E-state index in [0.717, 1.165) is 11.0 Å². The summed E-state index contributed by atoms with van der Waals surface area (Å²) in [4.78, 5) is 15.6. The average Bonchev–Trinajstić information content (AvgIpc) is 3.32. The number of aliphatic hydroxyl groups is 1. The molecule has 3 rings (SSSR count). The van der Waals surface area contributed by atoms with Gasteiger partial charge in [0, 0.05) is 19.9 Å². The third kappa shape index (κ3) is 4.19. The summed E-state index contributed by atoms with van der Waals surface area (Å²) in [6.07, 6.45) is 2.52. The van der Waals surface area contributed by atoms with Crippen LogP contribution in [0.25, 0.3) is 0 Å². The van der Waals surface area contributed by atoms with Gasteiger partial charge in [-0.1, -0.05) is 36.4 Å². The van der Waals surface area contributed by atoms with E-state index in [2.05, 4.69) is 7.05 Å². The van der Waals surface area contributed by atoms with Gasteiger partial charge in [-0.25, -0.2) is 0 Å². The van der Waals surface area contributed by atoms with Crippen LogP contribution in [0.3, 0.4) is 0 Å². The standard InChI is InChI=1S/C20H27N2O2S.BrH/c1-21(12-15-22(2)13-6-7-14-22)19(23)20(24,18-11-8-16-25-18)17-9-4-3-5-10-17;/h3-5,8-11,16,24H,6-7,12-15H2,1-2H3;1H/q+1;/p-1/t20-;/m0./s1. The Balaban J connectivity index is 0.00000243. The molecular weight excluding hydrogens is 412 g/mol. The predicted octanol–water partition coefficient (Wildman–Crippen LogP) is -0.313. The molecule has 1 fully saturated rings. The van der Waals surface area contributed by atoms with E-state index in [0.29, 0.717) is 17.0 Å². The van der Waals surface area contributed by atoms with Crippen LogP contribution in [0.15, 0.2) is 47.8 Å². The number of nitrogens with zero attached hydrogens (tertiary/aromatic N) is 2. The minimum atomic E-state index is -1.62. The fraction of sp³-hybridized carbons (Fsp3) is 0.450. The monoisotopic (exact) mass is 438 g/mol. The molecule has 0 bridgehead atoms. The largest absolute Gasteiger partial charge is 1.00 e. The van der Waals surface area contributed by atoms with E-state index in [4.69, 9.17) is 0 Å². The number of carbonyl (C=O) groups is 1. The molecule has 0 spiro atoms. The van der Waals surface area contributed by atoms with Crippen molar-refractivity contribution in [3.8, 4) is 0 Å². The van der Waals surface area contributed by atoms with Crippen LogP contribution >= 0.6 is 11.3 Å². The van der Waals surface area contributed by atoms with E-state index in [1.54, 1.807) is 11.9 Å². The molecule has 0 saturated carbocycles. The third-order valence-corrected chi connectivity index (χ3v) is 6.33. The average molecular weight is 439 g/mol. The van der Waals surface area contributed by atoms with Gasteiger partial charge in [0.25, 0.3) is 5.91 Å². The van der Waals surface area contributed by atoms with Gasteiger partial charge < -0.3 is 31.5 Å². The highest BCUT2D eigenvalue weighted by Gasteiger charge is 2.43. The van der Waals surface area contributed by atoms with E-state index >= 15 is 0 Å². The highest BCUT2D eigenvalue weighted by Crippen LogP contribution is 2.34. The first-order valence-electron chi connectivity index (χ1n) is 8.87. The summed E-state index contributed by atoms with van der Waals surface area (Å²) in [6.45, 7) is 3.93. The Bertz CT molecular complexity index is 702. The molecule has 1 aliphatic heterocycles. The quantitative estimate of drug-likeness (QED) is 0.628. The van der Waals surface area contributed by atoms with E-state index in [1.807, 2.05) is 47.8 Å². The summed E-state index contributed by atoms with van der Waals surface area (Å²) in [5.41, 5.74) is -0.996. The van der Waals surface area contributed by atoms with Crippen LogP contribution in [0, 0.1) is 0 Å². The van der Waals surface area contributed by atoms with Gasteiger partial charge in [-0.15, -0.1) is 11.3 Å². The maximum atomic E-state index is 13.2. The van der Waals surface area contributed by atoms with Gasteiger partial charge in [-0.05, 0) is 17.0 Å². The smallest absolute Gasteiger partial charge is 0.264 e. The van der Waals surface area contributed by atoms with Gasteiger partial charge >= 0.3 is 0 Å². The number of likely N-dealkylation sites (N-methyl/N-ethyl adjacent to an activating group) is 2. The Hall–Kier alpha value is -1.21. The third-order valence-electron chi connectivity index (χ3n) is 5.35. The second kappa shape index (κ2) is 8.65. The maximum Gasteiger partial charge on any atom is 0.264 e. The van der Waals surface area contributed by atoms with Crippen LogP contribution in [0.4, 0.5) is 0 Å². The lowest BCUT2D eigenvalue weighted by Gasteiger charge is -2.34. The zero-order valence-corrected chi connectivity index (χ0v) is 17.8. The lowest BCUT2D eigenvalue weighted by Crippen LogP contribution is -3.00. The molecule has 1 aliphatic rings. The number of benzene rings is 1. The lowest BCUT2D eigenvalue weighted by atomic mass is 9.90. The van der Waals surface area contributed by atoms with Gasteiger partial charge in [-0.2, -0.15) is 0 Å². The van der Waals surface area contributed by atoms with Crippen LogP contribution in [0.5, 0.6) is 0 Å². The van der Waals surface area contributed by atoms with Gasteiger partial charge in [0.1, 0.15) is 0 Å². The summed E-state index contributed by atoms with van der Waals surface area (Å²) in [7, 11) is 4.06. The van der Waals surface area contributed by atoms with Crippen molar-refractivity contribution in [2.75, 3.05) is 40.3 Å². The van der Waals surface area contributed by atoms with Crippen LogP contribution in [-0.2, 0) is 10.4 Å². The SMILES string of the molecule is CN(CC[N+]1(C)CCCC1)C(=O)[C@](O)(c1ccccc1)c1cccs1.[Br-]. The maximum absolute atomic E-state index is 13.2. The molecule has 4 nitrogen and oxygen atoms in total. The first kappa shape index (κ1) is 21.1. The molecule has 1 amide bonds. The van der Waals surface area contributed by atoms with E-state index in [1.165, 1.54) is 37.3 Å². The predicted molar refractivity (Wildman–Crippen MR) is 101 cm³/mol. The number of thiophene rings is 1. The number of likely N-dealkylation sites (tertiary alicyclic amines) is 1. The summed E-state index contributed by atoms with van der Waals surface area (Å²) in [5.74, 6) is -0.257. The Kier molecular flexibility index (Phi) is 7.02. The lowest BCUT2D eigenvalue weighted by molar-refractivity contribution is -0.897. The molecule has 1 aromatic heterocycles. The Morgan fingerprint density at radius 1 is 1.19 bits per heavy atom. The summed E-state index contributed by atoms with van der Waals surface area (Å²) >= 11 is 1.41. The number of quaternary nitrogens is 1. The molecule has 142 valence electrons. The van der Waals surface area contributed by atoms with E-state index < -0.39 is 5.60 Å². The van der Waals surface area contributed by atoms with Gasteiger partial charge in [0.15, 0.2) is 0 Å². The topological polar surface area (TPSA) is 40.5 Å². The summed E-state index contributed by atoms with van der Waals surface area (Å²) in [6, 6.07) is 13.0. The van der Waals surface area contributed by atoms with Crippen molar-refractivity contribution >= 4 is 17.2 Å². The number of amides is 1. The molecule has 1 aromatic carbocycles. The number of carbonyl (C=O) groups excluding carboxylic acids is 1. The Morgan fingerprint density at radius 3 is 2.42 bits per heavy atom. The molecule has 2 heterocycles. The number of hydrogen-bond acceptors (Lipinski definition) is 3. The zero-order valence-electron chi connectivity index (χ0n) is 15.4. The van der Waals surface area contributed by atoms with Crippen molar-refractivity contribution in [3.63, 3.8) is 0 Å². The number of hydrogen-bond donors (Lipinski definition) is 1. The minimum Gasteiger partial charge on any atom is -1.00 e. The van der Waals surface area contributed by atoms with Crippen molar-refractivity contribution in [2.24, 2.45) is 0 Å². The van der Waals surface area contributed by atoms with Gasteiger partial charge in [0.2, 0.25) is 5.60 Å². The zero-order chi connectivity index (χ0) is 17.9. The van der Waals surface area contributed by atoms with Crippen LogP contribution < -0.4 is 17.0 Å². The Labute approximate surface area is 170 Å². The molecule has 0 unspecified atom stereocenters. The first-order chi connectivity index (χ1) is 12.0. The fourth-order valence-corrected chi connectivity index (χ4v) is 4.46.